The van der Waals surface area contributed by atoms with Gasteiger partial charge < -0.3 is 20.8 Å². The van der Waals surface area contributed by atoms with Gasteiger partial charge in [-0.15, -0.1) is 12.4 Å². The number of hydrogen-bond acceptors (Lipinski definition) is 7. The molecule has 0 amide bonds. The van der Waals surface area contributed by atoms with E-state index < -0.39 is 16.4 Å². The normalized spacial score (nSPS) is 19.0. The van der Waals surface area contributed by atoms with Crippen molar-refractivity contribution in [2.75, 3.05) is 20.1 Å². The number of hydrogen-bond donors (Lipinski definition) is 3. The number of nitro groups is 1. The van der Waals surface area contributed by atoms with E-state index in [1.165, 1.54) is 12.1 Å². The number of ether oxygens (including phenoxy) is 1. The molecule has 8 nitrogen and oxygen atoms in total. The predicted octanol–water partition coefficient (Wildman–Crippen LogP) is 1.28. The fraction of sp³-hybridized carbons (Fsp3) is 0.467. The van der Waals surface area contributed by atoms with Gasteiger partial charge in [-0.25, -0.2) is 4.79 Å². The van der Waals surface area contributed by atoms with Gasteiger partial charge >= 0.3 is 5.97 Å². The maximum absolute atomic E-state index is 12.5. The fourth-order valence-electron chi connectivity index (χ4n) is 2.75. The van der Waals surface area contributed by atoms with Crippen molar-refractivity contribution in [1.82, 2.24) is 10.6 Å². The van der Waals surface area contributed by atoms with Crippen LogP contribution in [0.3, 0.4) is 0 Å². The summed E-state index contributed by atoms with van der Waals surface area (Å²) in [4.78, 5) is 22.6. The van der Waals surface area contributed by atoms with Crippen LogP contribution in [0.5, 0.6) is 0 Å². The van der Waals surface area contributed by atoms with E-state index >= 15 is 0 Å². The van der Waals surface area contributed by atoms with Crippen LogP contribution in [0.15, 0.2) is 24.3 Å². The quantitative estimate of drug-likeness (QED) is 0.293. The second-order valence-corrected chi connectivity index (χ2v) is 5.45. The molecule has 2 atom stereocenters. The summed E-state index contributed by atoms with van der Waals surface area (Å²) in [7, 11) is 1.64. The molecule has 3 N–H and O–H groups in total. The van der Waals surface area contributed by atoms with Crippen LogP contribution in [-0.2, 0) is 16.1 Å². The molecule has 1 aromatic carbocycles. The zero-order valence-corrected chi connectivity index (χ0v) is 14.1. The Balaban J connectivity index is 0.00000288. The number of esters is 1. The van der Waals surface area contributed by atoms with Crippen LogP contribution < -0.4 is 10.6 Å². The van der Waals surface area contributed by atoms with Crippen molar-refractivity contribution in [3.63, 3.8) is 0 Å². The number of nitro benzene ring substituents is 1. The van der Waals surface area contributed by atoms with Crippen LogP contribution in [0.25, 0.3) is 0 Å². The van der Waals surface area contributed by atoms with Crippen LogP contribution in [0.4, 0.5) is 5.69 Å². The molecule has 1 aliphatic rings. The molecule has 0 radical (unpaired) electrons. The second-order valence-electron chi connectivity index (χ2n) is 5.45. The molecule has 24 heavy (non-hydrogen) atoms. The van der Waals surface area contributed by atoms with Gasteiger partial charge in [0.2, 0.25) is 0 Å². The van der Waals surface area contributed by atoms with Gasteiger partial charge in [0, 0.05) is 30.8 Å². The van der Waals surface area contributed by atoms with E-state index in [0.29, 0.717) is 12.1 Å². The van der Waals surface area contributed by atoms with E-state index in [1.807, 2.05) is 0 Å². The van der Waals surface area contributed by atoms with Crippen LogP contribution >= 0.6 is 12.4 Å². The first-order valence-electron chi connectivity index (χ1n) is 7.35. The number of likely N-dealkylation sites (N-methyl/N-ethyl adjacent to an activating group) is 1. The number of benzene rings is 1. The number of non-ortho nitro benzene ring substituents is 1. The molecule has 1 fully saturated rings. The monoisotopic (exact) mass is 356 g/mol. The molecule has 0 aliphatic carbocycles. The molecule has 0 spiro atoms. The van der Waals surface area contributed by atoms with E-state index in [2.05, 4.69) is 10.6 Å². The van der Waals surface area contributed by atoms with Gasteiger partial charge in [-0.3, -0.25) is 10.1 Å². The van der Waals surface area contributed by atoms with Crippen molar-refractivity contribution in [2.24, 2.45) is 5.92 Å². The van der Waals surface area contributed by atoms with Crippen LogP contribution in [0.1, 0.15) is 12.0 Å². The van der Waals surface area contributed by atoms with Gasteiger partial charge in [0.25, 0.3) is 5.69 Å². The predicted molar refractivity (Wildman–Crippen MR) is 91.7 cm³/mol. The Kier molecular flexibility index (Phi) is 7.27. The highest BCUT2D eigenvalue weighted by Gasteiger charge is 2.45. The maximum atomic E-state index is 12.5. The standard InChI is InChI=1S/C15H20N4O4.ClH/c1-17-15(10-16,12-6-7-18-8-12)14(20)23-9-11-2-4-13(5-3-11)19(21)22;/h2-5,10,12,16-18H,6-9H2,1H3;1H/t12-,15?;/m0./s1. The summed E-state index contributed by atoms with van der Waals surface area (Å²) in [5, 5.41) is 24.4. The van der Waals surface area contributed by atoms with Crippen molar-refractivity contribution < 1.29 is 14.5 Å². The Labute approximate surface area is 146 Å². The minimum absolute atomic E-state index is 0. The Bertz CT molecular complexity index is 590. The minimum Gasteiger partial charge on any atom is -0.459 e. The van der Waals surface area contributed by atoms with Gasteiger partial charge in [0.1, 0.15) is 6.61 Å². The van der Waals surface area contributed by atoms with Gasteiger partial charge in [-0.1, -0.05) is 0 Å². The third-order valence-electron chi connectivity index (χ3n) is 4.20. The molecule has 1 heterocycles. The van der Waals surface area contributed by atoms with Crippen molar-refractivity contribution in [2.45, 2.75) is 18.6 Å². The topological polar surface area (TPSA) is 117 Å². The number of nitrogens with one attached hydrogen (secondary N) is 3. The molecular formula is C15H21ClN4O4. The average molecular weight is 357 g/mol. The molecular weight excluding hydrogens is 336 g/mol. The molecule has 0 saturated carbocycles. The molecule has 9 heteroatoms. The third kappa shape index (κ3) is 4.08. The van der Waals surface area contributed by atoms with E-state index in [4.69, 9.17) is 10.1 Å². The van der Waals surface area contributed by atoms with Gasteiger partial charge in [0.15, 0.2) is 5.54 Å². The molecule has 1 unspecified atom stereocenters. The smallest absolute Gasteiger partial charge is 0.332 e. The van der Waals surface area contributed by atoms with Gasteiger partial charge in [-0.05, 0) is 37.7 Å². The summed E-state index contributed by atoms with van der Waals surface area (Å²) in [6, 6.07) is 5.83. The Hall–Kier alpha value is -2.03. The summed E-state index contributed by atoms with van der Waals surface area (Å²) in [6.07, 6.45) is 1.88. The summed E-state index contributed by atoms with van der Waals surface area (Å²) in [5.74, 6) is -0.559. The lowest BCUT2D eigenvalue weighted by Crippen LogP contribution is -2.58. The second kappa shape index (κ2) is 8.72. The first-order valence-corrected chi connectivity index (χ1v) is 7.35. The number of halogens is 1. The minimum atomic E-state index is -1.15. The van der Waals surface area contributed by atoms with Gasteiger partial charge in [0.05, 0.1) is 4.92 Å². The summed E-state index contributed by atoms with van der Waals surface area (Å²) in [5.41, 5.74) is -0.505. The van der Waals surface area contributed by atoms with Gasteiger partial charge in [-0.2, -0.15) is 0 Å². The lowest BCUT2D eigenvalue weighted by molar-refractivity contribution is -0.384. The largest absolute Gasteiger partial charge is 0.459 e. The summed E-state index contributed by atoms with van der Waals surface area (Å²) < 4.78 is 5.34. The number of carbonyl (C=O) groups is 1. The highest BCUT2D eigenvalue weighted by molar-refractivity contribution is 5.99. The molecule has 132 valence electrons. The van der Waals surface area contributed by atoms with Crippen LogP contribution in [0.2, 0.25) is 0 Å². The molecule has 0 aromatic heterocycles. The fourth-order valence-corrected chi connectivity index (χ4v) is 2.75. The lowest BCUT2D eigenvalue weighted by Gasteiger charge is -2.32. The Morgan fingerprint density at radius 3 is 2.67 bits per heavy atom. The summed E-state index contributed by atoms with van der Waals surface area (Å²) in [6.45, 7) is 1.45. The highest BCUT2D eigenvalue weighted by Crippen LogP contribution is 2.24. The van der Waals surface area contributed by atoms with Crippen molar-refractivity contribution >= 4 is 30.3 Å². The zero-order valence-electron chi connectivity index (χ0n) is 13.3. The molecule has 2 rings (SSSR count). The first-order chi connectivity index (χ1) is 11.0. The van der Waals surface area contributed by atoms with E-state index in [-0.39, 0.29) is 30.6 Å². The maximum Gasteiger partial charge on any atom is 0.332 e. The molecule has 0 bridgehead atoms. The lowest BCUT2D eigenvalue weighted by atomic mass is 9.84. The Morgan fingerprint density at radius 2 is 2.21 bits per heavy atom. The van der Waals surface area contributed by atoms with E-state index in [1.54, 1.807) is 19.2 Å². The van der Waals surface area contributed by atoms with E-state index in [0.717, 1.165) is 19.2 Å². The zero-order chi connectivity index (χ0) is 16.9. The van der Waals surface area contributed by atoms with Crippen molar-refractivity contribution in [3.8, 4) is 0 Å². The summed E-state index contributed by atoms with van der Waals surface area (Å²) >= 11 is 0. The number of nitrogens with zero attached hydrogens (tertiary/aromatic N) is 1. The van der Waals surface area contributed by atoms with Crippen molar-refractivity contribution in [1.29, 1.82) is 5.41 Å². The SMILES string of the molecule is CNC(C=N)(C(=O)OCc1ccc([N+](=O)[O-])cc1)[C@H]1CCNC1.Cl. The first kappa shape index (κ1) is 20.0. The van der Waals surface area contributed by atoms with E-state index in [9.17, 15) is 14.9 Å². The third-order valence-corrected chi connectivity index (χ3v) is 4.20. The van der Waals surface area contributed by atoms with Crippen LogP contribution in [0, 0.1) is 21.4 Å². The van der Waals surface area contributed by atoms with Crippen LogP contribution in [-0.4, -0.2) is 42.8 Å². The van der Waals surface area contributed by atoms with Crippen molar-refractivity contribution in [3.05, 3.63) is 39.9 Å². The molecule has 1 aliphatic heterocycles. The highest BCUT2D eigenvalue weighted by atomic mass is 35.5. The molecule has 1 aromatic rings. The Morgan fingerprint density at radius 1 is 1.54 bits per heavy atom. The average Bonchev–Trinajstić information content (AvgIpc) is 3.10. The number of carbonyl (C=O) groups excluding carboxylic acids is 1. The number of rotatable bonds is 7. The molecule has 1 saturated heterocycles.